The molecule has 0 bridgehead atoms. The summed E-state index contributed by atoms with van der Waals surface area (Å²) < 4.78 is 0. The number of benzene rings is 2. The summed E-state index contributed by atoms with van der Waals surface area (Å²) in [6.45, 7) is 4.00. The van der Waals surface area contributed by atoms with Crippen molar-refractivity contribution in [3.8, 4) is 0 Å². The van der Waals surface area contributed by atoms with Gasteiger partial charge in [-0.1, -0.05) is 49.9 Å². The van der Waals surface area contributed by atoms with E-state index in [4.69, 9.17) is 0 Å². The van der Waals surface area contributed by atoms with E-state index in [1.54, 1.807) is 30.5 Å². The van der Waals surface area contributed by atoms with Gasteiger partial charge >= 0.3 is 0 Å². The number of fused-ring (bicyclic) bond motifs is 1. The number of nitrogens with one attached hydrogen (secondary N) is 1. The van der Waals surface area contributed by atoms with Gasteiger partial charge in [-0.2, -0.15) is 5.10 Å². The van der Waals surface area contributed by atoms with Crippen molar-refractivity contribution in [2.24, 2.45) is 5.92 Å². The molecular formula is C21H21N3O2S. The first kappa shape index (κ1) is 19.0. The SMILES string of the molecule is CC(C)CC(=O)Nc1ccc(C(=O)CSc2nncc3ccccc23)cc1. The monoisotopic (exact) mass is 379 g/mol. The maximum atomic E-state index is 12.5. The van der Waals surface area contributed by atoms with Crippen LogP contribution in [0.3, 0.4) is 0 Å². The molecule has 1 amide bonds. The van der Waals surface area contributed by atoms with Crippen LogP contribution in [0.15, 0.2) is 59.8 Å². The van der Waals surface area contributed by atoms with Crippen molar-refractivity contribution in [3.63, 3.8) is 0 Å². The second kappa shape index (κ2) is 8.77. The third-order valence-corrected chi connectivity index (χ3v) is 4.94. The summed E-state index contributed by atoms with van der Waals surface area (Å²) in [6, 6.07) is 14.8. The van der Waals surface area contributed by atoms with E-state index in [1.807, 2.05) is 38.1 Å². The zero-order valence-corrected chi connectivity index (χ0v) is 16.1. The summed E-state index contributed by atoms with van der Waals surface area (Å²) in [4.78, 5) is 24.3. The molecule has 0 saturated carbocycles. The molecule has 0 unspecified atom stereocenters. The second-order valence-electron chi connectivity index (χ2n) is 6.67. The van der Waals surface area contributed by atoms with Gasteiger partial charge in [0.05, 0.1) is 11.9 Å². The number of thioether (sulfide) groups is 1. The highest BCUT2D eigenvalue weighted by Crippen LogP contribution is 2.25. The van der Waals surface area contributed by atoms with Gasteiger partial charge in [0, 0.05) is 28.4 Å². The molecule has 2 aromatic carbocycles. The number of hydrogen-bond donors (Lipinski definition) is 1. The van der Waals surface area contributed by atoms with Crippen LogP contribution in [-0.4, -0.2) is 27.6 Å². The van der Waals surface area contributed by atoms with Crippen LogP contribution >= 0.6 is 11.8 Å². The van der Waals surface area contributed by atoms with Gasteiger partial charge in [-0.3, -0.25) is 9.59 Å². The van der Waals surface area contributed by atoms with Gasteiger partial charge in [0.15, 0.2) is 5.78 Å². The molecule has 27 heavy (non-hydrogen) atoms. The van der Waals surface area contributed by atoms with Gasteiger partial charge in [0.2, 0.25) is 5.91 Å². The van der Waals surface area contributed by atoms with Crippen LogP contribution in [0.5, 0.6) is 0 Å². The maximum Gasteiger partial charge on any atom is 0.224 e. The van der Waals surface area contributed by atoms with Crippen LogP contribution in [0.4, 0.5) is 5.69 Å². The Morgan fingerprint density at radius 2 is 1.81 bits per heavy atom. The molecule has 0 atom stereocenters. The number of rotatable bonds is 7. The highest BCUT2D eigenvalue weighted by molar-refractivity contribution is 8.00. The van der Waals surface area contributed by atoms with Gasteiger partial charge in [-0.05, 0) is 30.2 Å². The number of carbonyl (C=O) groups is 2. The molecule has 3 rings (SSSR count). The van der Waals surface area contributed by atoms with Crippen molar-refractivity contribution in [2.75, 3.05) is 11.1 Å². The van der Waals surface area contributed by atoms with Crippen molar-refractivity contribution in [3.05, 3.63) is 60.3 Å². The van der Waals surface area contributed by atoms with E-state index in [1.165, 1.54) is 11.8 Å². The minimum Gasteiger partial charge on any atom is -0.326 e. The predicted octanol–water partition coefficient (Wildman–Crippen LogP) is 4.59. The summed E-state index contributed by atoms with van der Waals surface area (Å²) in [5.41, 5.74) is 1.31. The number of aromatic nitrogens is 2. The van der Waals surface area contributed by atoms with Crippen LogP contribution in [0.25, 0.3) is 10.8 Å². The van der Waals surface area contributed by atoms with E-state index in [9.17, 15) is 9.59 Å². The minimum absolute atomic E-state index is 0.00907. The maximum absolute atomic E-state index is 12.5. The molecule has 0 aliphatic carbocycles. The van der Waals surface area contributed by atoms with E-state index < -0.39 is 0 Å². The second-order valence-corrected chi connectivity index (χ2v) is 7.64. The molecule has 0 radical (unpaired) electrons. The Bertz CT molecular complexity index is 950. The molecule has 138 valence electrons. The Kier molecular flexibility index (Phi) is 6.19. The molecular weight excluding hydrogens is 358 g/mol. The van der Waals surface area contributed by atoms with Crippen LogP contribution in [0.2, 0.25) is 0 Å². The number of Topliss-reactive ketones (excluding diaryl/α,β-unsaturated/α-hetero) is 1. The smallest absolute Gasteiger partial charge is 0.224 e. The fraction of sp³-hybridized carbons (Fsp3) is 0.238. The van der Waals surface area contributed by atoms with E-state index in [0.717, 1.165) is 15.8 Å². The molecule has 1 aromatic heterocycles. The average Bonchev–Trinajstić information content (AvgIpc) is 2.66. The normalized spacial score (nSPS) is 10.9. The molecule has 0 aliphatic heterocycles. The van der Waals surface area contributed by atoms with Crippen molar-refractivity contribution < 1.29 is 9.59 Å². The van der Waals surface area contributed by atoms with E-state index in [2.05, 4.69) is 15.5 Å². The van der Waals surface area contributed by atoms with Crippen molar-refractivity contribution in [1.82, 2.24) is 10.2 Å². The van der Waals surface area contributed by atoms with Crippen LogP contribution < -0.4 is 5.32 Å². The lowest BCUT2D eigenvalue weighted by Crippen LogP contribution is -2.14. The lowest BCUT2D eigenvalue weighted by Gasteiger charge is -2.08. The van der Waals surface area contributed by atoms with Crippen LogP contribution in [0.1, 0.15) is 30.6 Å². The summed E-state index contributed by atoms with van der Waals surface area (Å²) in [7, 11) is 0. The predicted molar refractivity (Wildman–Crippen MR) is 109 cm³/mol. The van der Waals surface area contributed by atoms with Gasteiger partial charge in [0.25, 0.3) is 0 Å². The third kappa shape index (κ3) is 5.14. The Hall–Kier alpha value is -2.73. The van der Waals surface area contributed by atoms with Crippen LogP contribution in [0, 0.1) is 5.92 Å². The standard InChI is InChI=1S/C21H21N3O2S/c1-14(2)11-20(26)23-17-9-7-15(8-10-17)19(25)13-27-21-18-6-4-3-5-16(18)12-22-24-21/h3-10,12,14H,11,13H2,1-2H3,(H,23,26). The highest BCUT2D eigenvalue weighted by Gasteiger charge is 2.11. The number of ketones is 1. The first-order chi connectivity index (χ1) is 13.0. The Balaban J connectivity index is 1.62. The lowest BCUT2D eigenvalue weighted by atomic mass is 10.1. The largest absolute Gasteiger partial charge is 0.326 e. The number of nitrogens with zero attached hydrogens (tertiary/aromatic N) is 2. The molecule has 3 aromatic rings. The Morgan fingerprint density at radius 1 is 1.07 bits per heavy atom. The summed E-state index contributed by atoms with van der Waals surface area (Å²) >= 11 is 1.38. The number of anilines is 1. The summed E-state index contributed by atoms with van der Waals surface area (Å²) in [6.07, 6.45) is 2.19. The fourth-order valence-corrected chi connectivity index (χ4v) is 3.53. The molecule has 5 nitrogen and oxygen atoms in total. The lowest BCUT2D eigenvalue weighted by molar-refractivity contribution is -0.116. The molecule has 0 aliphatic rings. The van der Waals surface area contributed by atoms with E-state index in [0.29, 0.717) is 23.6 Å². The van der Waals surface area contributed by atoms with Crippen molar-refractivity contribution in [2.45, 2.75) is 25.3 Å². The summed E-state index contributed by atoms with van der Waals surface area (Å²) in [5.74, 6) is 0.575. The first-order valence-corrected chi connectivity index (χ1v) is 9.78. The quantitative estimate of drug-likeness (QED) is 0.480. The first-order valence-electron chi connectivity index (χ1n) is 8.79. The highest BCUT2D eigenvalue weighted by atomic mass is 32.2. The Labute approximate surface area is 162 Å². The number of amides is 1. The van der Waals surface area contributed by atoms with Gasteiger partial charge < -0.3 is 5.32 Å². The molecule has 1 heterocycles. The van der Waals surface area contributed by atoms with E-state index >= 15 is 0 Å². The van der Waals surface area contributed by atoms with E-state index in [-0.39, 0.29) is 17.4 Å². The zero-order chi connectivity index (χ0) is 19.2. The number of carbonyl (C=O) groups excluding carboxylic acids is 2. The minimum atomic E-state index is -0.0193. The third-order valence-electron chi connectivity index (χ3n) is 3.96. The van der Waals surface area contributed by atoms with Crippen LogP contribution in [-0.2, 0) is 4.79 Å². The zero-order valence-electron chi connectivity index (χ0n) is 15.3. The molecule has 0 saturated heterocycles. The van der Waals surface area contributed by atoms with Gasteiger partial charge in [-0.25, -0.2) is 0 Å². The van der Waals surface area contributed by atoms with Gasteiger partial charge in [-0.15, -0.1) is 5.10 Å². The van der Waals surface area contributed by atoms with Gasteiger partial charge in [0.1, 0.15) is 5.03 Å². The topological polar surface area (TPSA) is 72.0 Å². The summed E-state index contributed by atoms with van der Waals surface area (Å²) in [5, 5.41) is 13.7. The molecule has 0 spiro atoms. The average molecular weight is 379 g/mol. The fourth-order valence-electron chi connectivity index (χ4n) is 2.65. The molecule has 1 N–H and O–H groups in total. The number of hydrogen-bond acceptors (Lipinski definition) is 5. The van der Waals surface area contributed by atoms with Crippen molar-refractivity contribution in [1.29, 1.82) is 0 Å². The van der Waals surface area contributed by atoms with Crippen molar-refractivity contribution >= 4 is 39.9 Å². The Morgan fingerprint density at radius 3 is 2.56 bits per heavy atom. The molecule has 0 fully saturated rings. The molecule has 6 heteroatoms.